The molecule has 0 fully saturated rings. The SMILES string of the molecule is C=COC(=O)CCCCC(C)(C)C.C=COC(=O)CCCCCC(C)(C)C. The van der Waals surface area contributed by atoms with Crippen molar-refractivity contribution in [1.82, 2.24) is 0 Å². The highest BCUT2D eigenvalue weighted by Crippen LogP contribution is 2.22. The number of carbonyl (C=O) groups excluding carboxylic acids is 2. The number of ether oxygens (including phenoxy) is 2. The second kappa shape index (κ2) is 15.5. The van der Waals surface area contributed by atoms with Crippen molar-refractivity contribution in [1.29, 1.82) is 0 Å². The summed E-state index contributed by atoms with van der Waals surface area (Å²) < 4.78 is 9.21. The third kappa shape index (κ3) is 26.8. The van der Waals surface area contributed by atoms with Crippen molar-refractivity contribution in [3.63, 3.8) is 0 Å². The average Bonchev–Trinajstić information content (AvgIpc) is 2.50. The number of hydrogen-bond acceptors (Lipinski definition) is 4. The predicted octanol–water partition coefficient (Wildman–Crippen LogP) is 6.95. The molecule has 0 aromatic rings. The molecule has 0 amide bonds. The van der Waals surface area contributed by atoms with Gasteiger partial charge in [-0.15, -0.1) is 0 Å². The molecule has 0 aliphatic carbocycles. The first-order chi connectivity index (χ1) is 12.4. The van der Waals surface area contributed by atoms with Gasteiger partial charge in [-0.25, -0.2) is 0 Å². The zero-order valence-corrected chi connectivity index (χ0v) is 18.6. The molecule has 0 N–H and O–H groups in total. The third-order valence-corrected chi connectivity index (χ3v) is 3.79. The standard InChI is InChI=1S/C12H22O2.C11H20O2/c1-5-14-11(13)9-7-6-8-10-12(2,3)4;1-5-13-10(12)8-6-7-9-11(2,3)4/h5H,1,6-10H2,2-4H3;5H,1,6-9H2,2-4H3. The van der Waals surface area contributed by atoms with Crippen molar-refractivity contribution < 1.29 is 19.1 Å². The number of hydrogen-bond donors (Lipinski definition) is 0. The van der Waals surface area contributed by atoms with E-state index in [2.05, 4.69) is 64.2 Å². The van der Waals surface area contributed by atoms with Crippen molar-refractivity contribution in [2.24, 2.45) is 10.8 Å². The van der Waals surface area contributed by atoms with Gasteiger partial charge >= 0.3 is 11.9 Å². The number of unbranched alkanes of at least 4 members (excludes halogenated alkanes) is 3. The topological polar surface area (TPSA) is 52.6 Å². The van der Waals surface area contributed by atoms with Crippen LogP contribution < -0.4 is 0 Å². The molecule has 0 saturated heterocycles. The molecule has 0 unspecified atom stereocenters. The van der Waals surface area contributed by atoms with Gasteiger partial charge in [-0.2, -0.15) is 0 Å². The summed E-state index contributed by atoms with van der Waals surface area (Å²) in [5.41, 5.74) is 0.768. The van der Waals surface area contributed by atoms with Crippen LogP contribution in [0.3, 0.4) is 0 Å². The number of esters is 2. The Bertz CT molecular complexity index is 425. The normalized spacial score (nSPS) is 11.0. The van der Waals surface area contributed by atoms with Gasteiger partial charge in [0.1, 0.15) is 0 Å². The van der Waals surface area contributed by atoms with E-state index in [4.69, 9.17) is 0 Å². The molecule has 0 saturated carbocycles. The fraction of sp³-hybridized carbons (Fsp3) is 0.739. The summed E-state index contributed by atoms with van der Waals surface area (Å²) >= 11 is 0. The highest BCUT2D eigenvalue weighted by atomic mass is 16.5. The van der Waals surface area contributed by atoms with Gasteiger partial charge in [-0.05, 0) is 36.5 Å². The lowest BCUT2D eigenvalue weighted by Crippen LogP contribution is -2.05. The van der Waals surface area contributed by atoms with E-state index in [9.17, 15) is 9.59 Å². The molecule has 0 heterocycles. The summed E-state index contributed by atoms with van der Waals surface area (Å²) in [4.78, 5) is 21.8. The van der Waals surface area contributed by atoms with E-state index in [0.717, 1.165) is 32.1 Å². The molecule has 0 spiro atoms. The monoisotopic (exact) mass is 382 g/mol. The minimum absolute atomic E-state index is 0.171. The Hall–Kier alpha value is -1.58. The fourth-order valence-electron chi connectivity index (χ4n) is 2.33. The Morgan fingerprint density at radius 1 is 0.667 bits per heavy atom. The average molecular weight is 383 g/mol. The van der Waals surface area contributed by atoms with Crippen LogP contribution in [-0.4, -0.2) is 11.9 Å². The zero-order valence-electron chi connectivity index (χ0n) is 18.6. The van der Waals surface area contributed by atoms with Gasteiger partial charge in [0, 0.05) is 12.8 Å². The predicted molar refractivity (Wildman–Crippen MR) is 113 cm³/mol. The second-order valence-corrected chi connectivity index (χ2v) is 9.20. The molecule has 4 nitrogen and oxygen atoms in total. The maximum Gasteiger partial charge on any atom is 0.310 e. The lowest BCUT2D eigenvalue weighted by atomic mass is 9.89. The van der Waals surface area contributed by atoms with Crippen molar-refractivity contribution in [2.45, 2.75) is 99.3 Å². The number of rotatable bonds is 11. The lowest BCUT2D eigenvalue weighted by Gasteiger charge is -2.17. The quantitative estimate of drug-likeness (QED) is 0.220. The number of carbonyl (C=O) groups is 2. The first-order valence-electron chi connectivity index (χ1n) is 10.0. The molecule has 0 atom stereocenters. The summed E-state index contributed by atoms with van der Waals surface area (Å²) in [5.74, 6) is -0.348. The van der Waals surface area contributed by atoms with Crippen LogP contribution in [0.5, 0.6) is 0 Å². The van der Waals surface area contributed by atoms with Crippen molar-refractivity contribution in [2.75, 3.05) is 0 Å². The highest BCUT2D eigenvalue weighted by Gasteiger charge is 2.10. The Morgan fingerprint density at radius 3 is 1.33 bits per heavy atom. The van der Waals surface area contributed by atoms with E-state index in [1.807, 2.05) is 0 Å². The molecule has 4 heteroatoms. The maximum absolute atomic E-state index is 10.9. The van der Waals surface area contributed by atoms with E-state index < -0.39 is 0 Å². The van der Waals surface area contributed by atoms with Crippen molar-refractivity contribution in [3.05, 3.63) is 25.7 Å². The van der Waals surface area contributed by atoms with E-state index in [-0.39, 0.29) is 11.9 Å². The largest absolute Gasteiger partial charge is 0.435 e. The van der Waals surface area contributed by atoms with Crippen LogP contribution in [0, 0.1) is 10.8 Å². The van der Waals surface area contributed by atoms with Gasteiger partial charge in [0.2, 0.25) is 0 Å². The Kier molecular flexibility index (Phi) is 15.8. The van der Waals surface area contributed by atoms with Crippen molar-refractivity contribution >= 4 is 11.9 Å². The van der Waals surface area contributed by atoms with Crippen LogP contribution >= 0.6 is 0 Å². The van der Waals surface area contributed by atoms with Crippen LogP contribution in [-0.2, 0) is 19.1 Å². The molecule has 0 bridgehead atoms. The van der Waals surface area contributed by atoms with E-state index in [0.29, 0.717) is 23.7 Å². The lowest BCUT2D eigenvalue weighted by molar-refractivity contribution is -0.139. The van der Waals surface area contributed by atoms with Crippen LogP contribution in [0.1, 0.15) is 99.3 Å². The molecule has 0 aliphatic heterocycles. The summed E-state index contributed by atoms with van der Waals surface area (Å²) in [6.07, 6.45) is 10.9. The minimum atomic E-state index is -0.177. The summed E-state index contributed by atoms with van der Waals surface area (Å²) in [6.45, 7) is 20.0. The zero-order chi connectivity index (χ0) is 21.3. The Morgan fingerprint density at radius 2 is 1.00 bits per heavy atom. The molecule has 0 aromatic carbocycles. The van der Waals surface area contributed by atoms with Gasteiger partial charge in [0.15, 0.2) is 0 Å². The third-order valence-electron chi connectivity index (χ3n) is 3.79. The van der Waals surface area contributed by atoms with Gasteiger partial charge in [-0.1, -0.05) is 74.0 Å². The molecular weight excluding hydrogens is 340 g/mol. The summed E-state index contributed by atoms with van der Waals surface area (Å²) in [7, 11) is 0. The van der Waals surface area contributed by atoms with E-state index in [1.54, 1.807) is 0 Å². The Labute approximate surface area is 167 Å². The molecule has 0 aromatic heterocycles. The van der Waals surface area contributed by atoms with Crippen molar-refractivity contribution in [3.8, 4) is 0 Å². The highest BCUT2D eigenvalue weighted by molar-refractivity contribution is 5.70. The van der Waals surface area contributed by atoms with Gasteiger partial charge in [0.25, 0.3) is 0 Å². The van der Waals surface area contributed by atoms with Crippen LogP contribution in [0.15, 0.2) is 25.7 Å². The smallest absolute Gasteiger partial charge is 0.310 e. The van der Waals surface area contributed by atoms with E-state index in [1.165, 1.54) is 25.4 Å². The molecule has 0 aliphatic rings. The van der Waals surface area contributed by atoms with Gasteiger partial charge in [-0.3, -0.25) is 9.59 Å². The Balaban J connectivity index is 0. The molecule has 158 valence electrons. The van der Waals surface area contributed by atoms with Gasteiger partial charge < -0.3 is 9.47 Å². The first kappa shape index (κ1) is 27.6. The van der Waals surface area contributed by atoms with Crippen LogP contribution in [0.4, 0.5) is 0 Å². The van der Waals surface area contributed by atoms with Crippen LogP contribution in [0.25, 0.3) is 0 Å². The fourth-order valence-corrected chi connectivity index (χ4v) is 2.33. The second-order valence-electron chi connectivity index (χ2n) is 9.20. The molecule has 27 heavy (non-hydrogen) atoms. The summed E-state index contributed by atoms with van der Waals surface area (Å²) in [5, 5.41) is 0. The van der Waals surface area contributed by atoms with E-state index >= 15 is 0 Å². The first-order valence-corrected chi connectivity index (χ1v) is 10.0. The van der Waals surface area contributed by atoms with Crippen LogP contribution in [0.2, 0.25) is 0 Å². The maximum atomic E-state index is 10.9. The molecular formula is C23H42O4. The minimum Gasteiger partial charge on any atom is -0.435 e. The molecule has 0 rings (SSSR count). The molecule has 0 radical (unpaired) electrons. The summed E-state index contributed by atoms with van der Waals surface area (Å²) in [6, 6.07) is 0. The van der Waals surface area contributed by atoms with Gasteiger partial charge in [0.05, 0.1) is 12.5 Å².